The molecule has 19 heavy (non-hydrogen) atoms. The third-order valence-corrected chi connectivity index (χ3v) is 4.14. The Labute approximate surface area is 123 Å². The minimum atomic E-state index is -0.629. The van der Waals surface area contributed by atoms with E-state index in [1.807, 2.05) is 4.40 Å². The van der Waals surface area contributed by atoms with E-state index in [0.717, 1.165) is 12.8 Å². The van der Waals surface area contributed by atoms with Crippen molar-refractivity contribution in [2.45, 2.75) is 25.2 Å². The number of carbonyl (C=O) groups excluding carboxylic acids is 1. The van der Waals surface area contributed by atoms with Gasteiger partial charge in [0.2, 0.25) is 0 Å². The van der Waals surface area contributed by atoms with Gasteiger partial charge in [0, 0.05) is 12.4 Å². The molecule has 2 heterocycles. The second kappa shape index (κ2) is 4.45. The van der Waals surface area contributed by atoms with Gasteiger partial charge in [0.1, 0.15) is 21.4 Å². The fraction of sp³-hybridized carbons (Fsp3) is 0.417. The summed E-state index contributed by atoms with van der Waals surface area (Å²) < 4.78 is 7.56. The smallest absolute Gasteiger partial charge is 0.319 e. The van der Waals surface area contributed by atoms with E-state index in [9.17, 15) is 4.79 Å². The van der Waals surface area contributed by atoms with Crippen molar-refractivity contribution in [1.82, 2.24) is 14.4 Å². The van der Waals surface area contributed by atoms with Crippen molar-refractivity contribution in [3.05, 3.63) is 28.0 Å². The van der Waals surface area contributed by atoms with Crippen LogP contribution in [0.15, 0.2) is 17.0 Å². The highest BCUT2D eigenvalue weighted by Crippen LogP contribution is 2.49. The highest BCUT2D eigenvalue weighted by Gasteiger charge is 2.56. The first-order valence-electron chi connectivity index (χ1n) is 5.96. The predicted molar refractivity (Wildman–Crippen MR) is 73.2 cm³/mol. The first-order valence-corrected chi connectivity index (χ1v) is 7.13. The molecule has 100 valence electrons. The van der Waals surface area contributed by atoms with Gasteiger partial charge in [-0.05, 0) is 35.7 Å². The van der Waals surface area contributed by atoms with Crippen LogP contribution in [0.2, 0.25) is 5.15 Å². The number of halogens is 2. The minimum absolute atomic E-state index is 0.220. The molecule has 5 nitrogen and oxygen atoms in total. The molecule has 0 bridgehead atoms. The summed E-state index contributed by atoms with van der Waals surface area (Å²) in [4.78, 5) is 20.6. The number of hydrogen-bond donors (Lipinski definition) is 0. The molecule has 0 aromatic carbocycles. The molecule has 0 atom stereocenters. The highest BCUT2D eigenvalue weighted by atomic mass is 79.9. The first kappa shape index (κ1) is 12.9. The van der Waals surface area contributed by atoms with Crippen molar-refractivity contribution >= 4 is 39.0 Å². The van der Waals surface area contributed by atoms with Crippen LogP contribution in [0, 0.1) is 0 Å². The Kier molecular flexibility index (Phi) is 3.02. The Bertz CT molecular complexity index is 666. The molecule has 1 fully saturated rings. The molecule has 0 aliphatic heterocycles. The zero-order valence-corrected chi connectivity index (χ0v) is 12.5. The van der Waals surface area contributed by atoms with E-state index in [1.54, 1.807) is 19.3 Å². The number of fused-ring (bicyclic) bond motifs is 1. The Morgan fingerprint density at radius 3 is 3.00 bits per heavy atom. The lowest BCUT2D eigenvalue weighted by Gasteiger charge is -2.12. The largest absolute Gasteiger partial charge is 0.465 e. The number of rotatable bonds is 3. The van der Waals surface area contributed by atoms with Crippen LogP contribution in [0.1, 0.15) is 25.6 Å². The fourth-order valence-electron chi connectivity index (χ4n) is 2.21. The molecule has 1 aliphatic rings. The van der Waals surface area contributed by atoms with Crippen LogP contribution < -0.4 is 0 Å². The van der Waals surface area contributed by atoms with E-state index in [4.69, 9.17) is 16.3 Å². The standard InChI is InChI=1S/C12H11BrClN3O2/c1-2-19-11(18)12(3-4-12)10-16-8(13)7-9(14)15-5-6-17(7)10/h5-6H,2-4H2,1H3. The second-order valence-corrected chi connectivity index (χ2v) is 5.57. The molecule has 0 spiro atoms. The van der Waals surface area contributed by atoms with Gasteiger partial charge >= 0.3 is 5.97 Å². The number of esters is 1. The molecule has 1 aliphatic carbocycles. The van der Waals surface area contributed by atoms with Gasteiger partial charge in [-0.3, -0.25) is 9.20 Å². The topological polar surface area (TPSA) is 56.5 Å². The van der Waals surface area contributed by atoms with Crippen molar-refractivity contribution in [3.63, 3.8) is 0 Å². The van der Waals surface area contributed by atoms with Gasteiger partial charge in [-0.25, -0.2) is 9.97 Å². The lowest BCUT2D eigenvalue weighted by atomic mass is 10.1. The van der Waals surface area contributed by atoms with Gasteiger partial charge in [-0.15, -0.1) is 0 Å². The monoisotopic (exact) mass is 343 g/mol. The van der Waals surface area contributed by atoms with Crippen LogP contribution in [-0.4, -0.2) is 26.9 Å². The third-order valence-electron chi connectivity index (χ3n) is 3.31. The van der Waals surface area contributed by atoms with Crippen LogP contribution in [0.5, 0.6) is 0 Å². The average molecular weight is 345 g/mol. The average Bonchev–Trinajstić information content (AvgIpc) is 3.11. The molecule has 1 saturated carbocycles. The van der Waals surface area contributed by atoms with Gasteiger partial charge in [0.25, 0.3) is 0 Å². The molecular weight excluding hydrogens is 334 g/mol. The number of imidazole rings is 1. The van der Waals surface area contributed by atoms with Crippen molar-refractivity contribution in [1.29, 1.82) is 0 Å². The number of nitrogens with zero attached hydrogens (tertiary/aromatic N) is 3. The Morgan fingerprint density at radius 2 is 2.37 bits per heavy atom. The fourth-order valence-corrected chi connectivity index (χ4v) is 3.11. The van der Waals surface area contributed by atoms with E-state index >= 15 is 0 Å². The van der Waals surface area contributed by atoms with Crippen molar-refractivity contribution in [2.75, 3.05) is 6.61 Å². The normalized spacial score (nSPS) is 16.6. The summed E-state index contributed by atoms with van der Waals surface area (Å²) >= 11 is 9.44. The highest BCUT2D eigenvalue weighted by molar-refractivity contribution is 9.10. The molecule has 0 amide bonds. The van der Waals surface area contributed by atoms with Gasteiger partial charge in [0.15, 0.2) is 5.15 Å². The van der Waals surface area contributed by atoms with Crippen LogP contribution in [0.25, 0.3) is 5.52 Å². The Balaban J connectivity index is 2.17. The van der Waals surface area contributed by atoms with Crippen LogP contribution in [0.3, 0.4) is 0 Å². The molecule has 2 aromatic rings. The quantitative estimate of drug-likeness (QED) is 0.803. The first-order chi connectivity index (χ1) is 9.10. The summed E-state index contributed by atoms with van der Waals surface area (Å²) in [7, 11) is 0. The molecular formula is C12H11BrClN3O2. The summed E-state index contributed by atoms with van der Waals surface area (Å²) in [5.41, 5.74) is 0.0463. The van der Waals surface area contributed by atoms with E-state index in [0.29, 0.717) is 27.7 Å². The van der Waals surface area contributed by atoms with Crippen molar-refractivity contribution in [2.24, 2.45) is 0 Å². The van der Waals surface area contributed by atoms with Crippen LogP contribution in [0.4, 0.5) is 0 Å². The van der Waals surface area contributed by atoms with Crippen LogP contribution >= 0.6 is 27.5 Å². The van der Waals surface area contributed by atoms with Gasteiger partial charge in [0.05, 0.1) is 6.61 Å². The lowest BCUT2D eigenvalue weighted by Crippen LogP contribution is -2.25. The summed E-state index contributed by atoms with van der Waals surface area (Å²) in [5.74, 6) is 0.444. The van der Waals surface area contributed by atoms with Crippen molar-refractivity contribution < 1.29 is 9.53 Å². The summed E-state index contributed by atoms with van der Waals surface area (Å²) in [6, 6.07) is 0. The maximum Gasteiger partial charge on any atom is 0.319 e. The molecule has 0 N–H and O–H groups in total. The molecule has 0 saturated heterocycles. The van der Waals surface area contributed by atoms with Crippen molar-refractivity contribution in [3.8, 4) is 0 Å². The second-order valence-electron chi connectivity index (χ2n) is 4.47. The lowest BCUT2D eigenvalue weighted by molar-refractivity contribution is -0.146. The maximum atomic E-state index is 12.1. The number of ether oxygens (including phenoxy) is 1. The molecule has 3 rings (SSSR count). The van der Waals surface area contributed by atoms with E-state index < -0.39 is 5.41 Å². The SMILES string of the molecule is CCOC(=O)C1(c2nc(Br)c3c(Cl)nccn23)CC1. The maximum absolute atomic E-state index is 12.1. The van der Waals surface area contributed by atoms with E-state index in [-0.39, 0.29) is 5.97 Å². The summed E-state index contributed by atoms with van der Waals surface area (Å²) in [6.45, 7) is 2.17. The number of carbonyl (C=O) groups is 1. The molecule has 0 unspecified atom stereocenters. The van der Waals surface area contributed by atoms with E-state index in [2.05, 4.69) is 25.9 Å². The minimum Gasteiger partial charge on any atom is -0.465 e. The van der Waals surface area contributed by atoms with E-state index in [1.165, 1.54) is 0 Å². The Morgan fingerprint density at radius 1 is 1.63 bits per heavy atom. The number of hydrogen-bond acceptors (Lipinski definition) is 4. The Hall–Kier alpha value is -1.14. The van der Waals surface area contributed by atoms with Gasteiger partial charge < -0.3 is 4.74 Å². The van der Waals surface area contributed by atoms with Gasteiger partial charge in [-0.1, -0.05) is 11.6 Å². The summed E-state index contributed by atoms with van der Waals surface area (Å²) in [6.07, 6.45) is 4.84. The predicted octanol–water partition coefficient (Wildman–Crippen LogP) is 2.74. The molecule has 2 aromatic heterocycles. The molecule has 7 heteroatoms. The number of aromatic nitrogens is 3. The summed E-state index contributed by atoms with van der Waals surface area (Å²) in [5, 5.41) is 0.354. The zero-order chi connectivity index (χ0) is 13.6. The van der Waals surface area contributed by atoms with Gasteiger partial charge in [-0.2, -0.15) is 0 Å². The van der Waals surface area contributed by atoms with Crippen LogP contribution in [-0.2, 0) is 14.9 Å². The molecule has 0 radical (unpaired) electrons. The zero-order valence-electron chi connectivity index (χ0n) is 10.2. The third kappa shape index (κ3) is 1.85.